The highest BCUT2D eigenvalue weighted by atomic mass is 19.4. The lowest BCUT2D eigenvalue weighted by Gasteiger charge is -2.41. The van der Waals surface area contributed by atoms with Crippen molar-refractivity contribution in [3.63, 3.8) is 0 Å². The summed E-state index contributed by atoms with van der Waals surface area (Å²) >= 11 is 0. The molecule has 1 heterocycles. The fourth-order valence-corrected chi connectivity index (χ4v) is 2.60. The van der Waals surface area contributed by atoms with E-state index in [1.165, 1.54) is 0 Å². The Morgan fingerprint density at radius 2 is 1.61 bits per heavy atom. The van der Waals surface area contributed by atoms with E-state index in [1.807, 2.05) is 6.92 Å². The molecular weight excluding hydrogens is 243 g/mol. The molecule has 0 bridgehead atoms. The molecule has 0 spiro atoms. The molecule has 1 aliphatic heterocycles. The summed E-state index contributed by atoms with van der Waals surface area (Å²) < 4.78 is 38.6. The molecule has 0 amide bonds. The van der Waals surface area contributed by atoms with Gasteiger partial charge in [0.1, 0.15) is 6.04 Å². The number of rotatable bonds is 1. The number of alkyl halides is 3. The third-order valence-corrected chi connectivity index (χ3v) is 3.62. The van der Waals surface area contributed by atoms with E-state index in [-0.39, 0.29) is 11.7 Å². The lowest BCUT2D eigenvalue weighted by atomic mass is 9.75. The van der Waals surface area contributed by atoms with E-state index in [0.717, 1.165) is 0 Å². The number of piperidine rings is 1. The van der Waals surface area contributed by atoms with Crippen LogP contribution in [0.4, 0.5) is 13.2 Å². The van der Waals surface area contributed by atoms with Gasteiger partial charge in [0.15, 0.2) is 5.78 Å². The lowest BCUT2D eigenvalue weighted by molar-refractivity contribution is -0.178. The number of carbonyl (C=O) groups excluding carboxylic acids is 1. The van der Waals surface area contributed by atoms with Gasteiger partial charge in [-0.15, -0.1) is 0 Å². The van der Waals surface area contributed by atoms with Crippen molar-refractivity contribution in [1.29, 1.82) is 0 Å². The minimum Gasteiger partial charge on any atom is -0.297 e. The van der Waals surface area contributed by atoms with Gasteiger partial charge in [-0.1, -0.05) is 34.6 Å². The Morgan fingerprint density at radius 1 is 1.11 bits per heavy atom. The van der Waals surface area contributed by atoms with Crippen LogP contribution in [0.1, 0.15) is 41.0 Å². The second-order valence-corrected chi connectivity index (χ2v) is 6.47. The van der Waals surface area contributed by atoms with E-state index in [9.17, 15) is 18.0 Å². The zero-order valence-electron chi connectivity index (χ0n) is 11.6. The van der Waals surface area contributed by atoms with Crippen LogP contribution in [0.15, 0.2) is 0 Å². The molecule has 2 nitrogen and oxygen atoms in total. The van der Waals surface area contributed by atoms with Crippen LogP contribution in [0.25, 0.3) is 0 Å². The Hall–Kier alpha value is -0.580. The molecule has 1 saturated heterocycles. The number of nitrogens with one attached hydrogen (secondary N) is 1. The van der Waals surface area contributed by atoms with Gasteiger partial charge in [-0.25, -0.2) is 0 Å². The SMILES string of the molecule is CC1CC(C)C(C(F)(F)F)NC1C(=O)C(C)(C)C. The van der Waals surface area contributed by atoms with Crippen molar-refractivity contribution < 1.29 is 18.0 Å². The maximum absolute atomic E-state index is 12.9. The minimum atomic E-state index is -4.30. The monoisotopic (exact) mass is 265 g/mol. The third-order valence-electron chi connectivity index (χ3n) is 3.62. The van der Waals surface area contributed by atoms with Crippen molar-refractivity contribution in [3.8, 4) is 0 Å². The van der Waals surface area contributed by atoms with Crippen LogP contribution in [0, 0.1) is 17.3 Å². The molecule has 1 rings (SSSR count). The second-order valence-electron chi connectivity index (χ2n) is 6.47. The Morgan fingerprint density at radius 3 is 2.00 bits per heavy atom. The van der Waals surface area contributed by atoms with Gasteiger partial charge in [0.2, 0.25) is 0 Å². The third kappa shape index (κ3) is 3.25. The minimum absolute atomic E-state index is 0.0645. The number of Topliss-reactive ketones (excluding diaryl/α,β-unsaturated/α-hetero) is 1. The first kappa shape index (κ1) is 15.5. The average Bonchev–Trinajstić information content (AvgIpc) is 2.13. The largest absolute Gasteiger partial charge is 0.404 e. The van der Waals surface area contributed by atoms with Gasteiger partial charge >= 0.3 is 6.18 Å². The molecule has 0 aromatic carbocycles. The van der Waals surface area contributed by atoms with Crippen molar-refractivity contribution in [2.45, 2.75) is 59.3 Å². The van der Waals surface area contributed by atoms with E-state index in [2.05, 4.69) is 5.32 Å². The standard InChI is InChI=1S/C13H22F3NO/c1-7-6-8(2)10(13(14,15)16)17-9(7)11(18)12(3,4)5/h7-10,17H,6H2,1-5H3. The van der Waals surface area contributed by atoms with E-state index in [4.69, 9.17) is 0 Å². The van der Waals surface area contributed by atoms with Gasteiger partial charge in [0.25, 0.3) is 0 Å². The van der Waals surface area contributed by atoms with E-state index >= 15 is 0 Å². The summed E-state index contributed by atoms with van der Waals surface area (Å²) in [5, 5.41) is 2.52. The zero-order valence-corrected chi connectivity index (χ0v) is 11.6. The van der Waals surface area contributed by atoms with E-state index < -0.39 is 29.6 Å². The number of carbonyl (C=O) groups is 1. The van der Waals surface area contributed by atoms with Crippen LogP contribution in [0.5, 0.6) is 0 Å². The Balaban J connectivity index is 2.91. The molecule has 0 aliphatic carbocycles. The van der Waals surface area contributed by atoms with Crippen LogP contribution in [-0.2, 0) is 4.79 Å². The van der Waals surface area contributed by atoms with Gasteiger partial charge < -0.3 is 0 Å². The summed E-state index contributed by atoms with van der Waals surface area (Å²) in [6, 6.07) is -2.28. The van der Waals surface area contributed by atoms with Crippen molar-refractivity contribution in [2.75, 3.05) is 0 Å². The molecule has 1 aliphatic rings. The quantitative estimate of drug-likeness (QED) is 0.789. The Bertz CT molecular complexity index is 319. The Kier molecular flexibility index (Phi) is 4.16. The average molecular weight is 265 g/mol. The maximum atomic E-state index is 12.9. The highest BCUT2D eigenvalue weighted by Crippen LogP contribution is 2.36. The van der Waals surface area contributed by atoms with Gasteiger partial charge in [-0.3, -0.25) is 10.1 Å². The van der Waals surface area contributed by atoms with Crippen LogP contribution < -0.4 is 5.32 Å². The maximum Gasteiger partial charge on any atom is 0.404 e. The smallest absolute Gasteiger partial charge is 0.297 e. The Labute approximate surface area is 106 Å². The highest BCUT2D eigenvalue weighted by molar-refractivity contribution is 5.89. The van der Waals surface area contributed by atoms with Crippen LogP contribution in [0.3, 0.4) is 0 Å². The fraction of sp³-hybridized carbons (Fsp3) is 0.923. The van der Waals surface area contributed by atoms with E-state index in [1.54, 1.807) is 27.7 Å². The fourth-order valence-electron chi connectivity index (χ4n) is 2.60. The molecule has 0 aromatic rings. The van der Waals surface area contributed by atoms with Gasteiger partial charge in [0.05, 0.1) is 6.04 Å². The molecule has 1 fully saturated rings. The summed E-state index contributed by atoms with van der Waals surface area (Å²) in [5.41, 5.74) is -0.622. The molecule has 0 saturated carbocycles. The van der Waals surface area contributed by atoms with Crippen molar-refractivity contribution in [3.05, 3.63) is 0 Å². The summed E-state index contributed by atoms with van der Waals surface area (Å²) in [4.78, 5) is 12.2. The molecule has 18 heavy (non-hydrogen) atoms. The van der Waals surface area contributed by atoms with E-state index in [0.29, 0.717) is 6.42 Å². The van der Waals surface area contributed by atoms with Crippen LogP contribution >= 0.6 is 0 Å². The molecule has 106 valence electrons. The van der Waals surface area contributed by atoms with Crippen molar-refractivity contribution in [1.82, 2.24) is 5.32 Å². The molecule has 0 radical (unpaired) electrons. The normalized spacial score (nSPS) is 34.4. The second kappa shape index (κ2) is 4.83. The van der Waals surface area contributed by atoms with Gasteiger partial charge in [-0.2, -0.15) is 13.2 Å². The van der Waals surface area contributed by atoms with Crippen LogP contribution in [-0.4, -0.2) is 24.0 Å². The molecule has 1 N–H and O–H groups in total. The molecule has 0 aromatic heterocycles. The summed E-state index contributed by atoms with van der Waals surface area (Å²) in [7, 11) is 0. The first-order valence-electron chi connectivity index (χ1n) is 6.31. The summed E-state index contributed by atoms with van der Waals surface area (Å²) in [6.07, 6.45) is -3.88. The first-order valence-corrected chi connectivity index (χ1v) is 6.31. The highest BCUT2D eigenvalue weighted by Gasteiger charge is 2.50. The predicted molar refractivity (Wildman–Crippen MR) is 64.2 cm³/mol. The van der Waals surface area contributed by atoms with Gasteiger partial charge in [0, 0.05) is 5.41 Å². The number of halogens is 3. The molecule has 5 heteroatoms. The zero-order chi connectivity index (χ0) is 14.3. The van der Waals surface area contributed by atoms with Crippen LogP contribution in [0.2, 0.25) is 0 Å². The first-order chi connectivity index (χ1) is 7.94. The number of ketones is 1. The number of hydrogen-bond acceptors (Lipinski definition) is 2. The topological polar surface area (TPSA) is 29.1 Å². The molecule has 4 unspecified atom stereocenters. The lowest BCUT2D eigenvalue weighted by Crippen LogP contribution is -2.61. The molecular formula is C13H22F3NO. The van der Waals surface area contributed by atoms with Crippen molar-refractivity contribution >= 4 is 5.78 Å². The molecule has 4 atom stereocenters. The van der Waals surface area contributed by atoms with Crippen molar-refractivity contribution in [2.24, 2.45) is 17.3 Å². The van der Waals surface area contributed by atoms with Gasteiger partial charge in [-0.05, 0) is 18.3 Å². The summed E-state index contributed by atoms with van der Waals surface area (Å²) in [5.74, 6) is -0.703. The predicted octanol–water partition coefficient (Wildman–Crippen LogP) is 3.17. The summed E-state index contributed by atoms with van der Waals surface area (Å²) in [6.45, 7) is 8.64. The number of hydrogen-bond donors (Lipinski definition) is 1.